The van der Waals surface area contributed by atoms with E-state index >= 15 is 0 Å². The Morgan fingerprint density at radius 2 is 2.21 bits per heavy atom. The molecular weight excluding hydrogens is 240 g/mol. The van der Waals surface area contributed by atoms with Gasteiger partial charge >= 0.3 is 0 Å². The molecule has 0 radical (unpaired) electrons. The number of benzene rings is 1. The van der Waals surface area contributed by atoms with Crippen molar-refractivity contribution in [2.75, 3.05) is 24.5 Å². The summed E-state index contributed by atoms with van der Waals surface area (Å²) in [5.41, 5.74) is 7.59. The van der Waals surface area contributed by atoms with Gasteiger partial charge in [-0.2, -0.15) is 5.26 Å². The highest BCUT2D eigenvalue weighted by atomic mass is 16.1. The number of hydrogen-bond donors (Lipinski definition) is 2. The molecular formula is C14H20N4O. The molecule has 0 aliphatic heterocycles. The van der Waals surface area contributed by atoms with Crippen molar-refractivity contribution in [2.24, 2.45) is 5.73 Å². The van der Waals surface area contributed by atoms with Gasteiger partial charge in [0.25, 0.3) is 0 Å². The standard InChI is InChI=1S/C14H20N4O/c1-3-17-9-11-5-6-13(12(7-11)8-15)18(4-2)10-14(16)19/h5-7,17H,3-4,9-10H2,1-2H3,(H2,16,19). The van der Waals surface area contributed by atoms with Crippen molar-refractivity contribution in [3.8, 4) is 6.07 Å². The average molecular weight is 260 g/mol. The molecule has 1 amide bonds. The second-order valence-corrected chi connectivity index (χ2v) is 4.22. The zero-order chi connectivity index (χ0) is 14.3. The van der Waals surface area contributed by atoms with E-state index in [0.717, 1.165) is 24.3 Å². The molecule has 0 saturated heterocycles. The molecule has 0 aliphatic rings. The highest BCUT2D eigenvalue weighted by Gasteiger charge is 2.12. The smallest absolute Gasteiger partial charge is 0.236 e. The molecule has 0 atom stereocenters. The van der Waals surface area contributed by atoms with Crippen LogP contribution in [0.25, 0.3) is 0 Å². The summed E-state index contributed by atoms with van der Waals surface area (Å²) < 4.78 is 0. The summed E-state index contributed by atoms with van der Waals surface area (Å²) >= 11 is 0. The molecule has 1 rings (SSSR count). The minimum Gasteiger partial charge on any atom is -0.368 e. The van der Waals surface area contributed by atoms with Gasteiger partial charge in [-0.3, -0.25) is 4.79 Å². The lowest BCUT2D eigenvalue weighted by Gasteiger charge is -2.22. The van der Waals surface area contributed by atoms with Gasteiger partial charge in [-0.1, -0.05) is 13.0 Å². The number of primary amides is 1. The average Bonchev–Trinajstić information content (AvgIpc) is 2.42. The molecule has 0 saturated carbocycles. The molecule has 0 aliphatic carbocycles. The molecule has 5 nitrogen and oxygen atoms in total. The molecule has 19 heavy (non-hydrogen) atoms. The summed E-state index contributed by atoms with van der Waals surface area (Å²) in [6, 6.07) is 7.86. The van der Waals surface area contributed by atoms with Crippen LogP contribution in [-0.2, 0) is 11.3 Å². The van der Waals surface area contributed by atoms with Crippen LogP contribution in [0.2, 0.25) is 0 Å². The summed E-state index contributed by atoms with van der Waals surface area (Å²) in [6.07, 6.45) is 0. The van der Waals surface area contributed by atoms with Crippen LogP contribution in [0.3, 0.4) is 0 Å². The van der Waals surface area contributed by atoms with Crippen molar-refractivity contribution in [3.05, 3.63) is 29.3 Å². The molecule has 1 aromatic rings. The number of amides is 1. The van der Waals surface area contributed by atoms with Gasteiger partial charge in [-0.25, -0.2) is 0 Å². The Bertz CT molecular complexity index is 479. The monoisotopic (exact) mass is 260 g/mol. The first-order valence-corrected chi connectivity index (χ1v) is 6.39. The van der Waals surface area contributed by atoms with E-state index in [-0.39, 0.29) is 6.54 Å². The van der Waals surface area contributed by atoms with Gasteiger partial charge in [0.05, 0.1) is 17.8 Å². The van der Waals surface area contributed by atoms with Crippen molar-refractivity contribution < 1.29 is 4.79 Å². The molecule has 0 fully saturated rings. The van der Waals surface area contributed by atoms with Crippen LogP contribution in [0.1, 0.15) is 25.0 Å². The first-order chi connectivity index (χ1) is 9.12. The normalized spacial score (nSPS) is 9.95. The molecule has 102 valence electrons. The minimum atomic E-state index is -0.400. The largest absolute Gasteiger partial charge is 0.368 e. The molecule has 5 heteroatoms. The summed E-state index contributed by atoms with van der Waals surface area (Å²) in [5, 5.41) is 12.4. The fourth-order valence-electron chi connectivity index (χ4n) is 1.88. The molecule has 0 unspecified atom stereocenters. The number of carbonyl (C=O) groups is 1. The van der Waals surface area contributed by atoms with Crippen LogP contribution < -0.4 is 16.0 Å². The Morgan fingerprint density at radius 1 is 1.47 bits per heavy atom. The van der Waals surface area contributed by atoms with E-state index in [4.69, 9.17) is 5.73 Å². The minimum absolute atomic E-state index is 0.123. The fraction of sp³-hybridized carbons (Fsp3) is 0.429. The van der Waals surface area contributed by atoms with Gasteiger partial charge in [0.15, 0.2) is 0 Å². The van der Waals surface area contributed by atoms with Crippen LogP contribution in [-0.4, -0.2) is 25.5 Å². The van der Waals surface area contributed by atoms with Crippen molar-refractivity contribution in [1.82, 2.24) is 5.32 Å². The number of nitriles is 1. The predicted octanol–water partition coefficient (Wildman–Crippen LogP) is 0.979. The Balaban J connectivity index is 3.00. The number of hydrogen-bond acceptors (Lipinski definition) is 4. The van der Waals surface area contributed by atoms with E-state index < -0.39 is 5.91 Å². The number of nitrogens with zero attached hydrogens (tertiary/aromatic N) is 2. The molecule has 0 spiro atoms. The lowest BCUT2D eigenvalue weighted by molar-refractivity contribution is -0.116. The highest BCUT2D eigenvalue weighted by molar-refractivity contribution is 5.80. The SMILES string of the molecule is CCNCc1ccc(N(CC)CC(N)=O)c(C#N)c1. The second kappa shape index (κ2) is 7.39. The van der Waals surface area contributed by atoms with Crippen molar-refractivity contribution in [1.29, 1.82) is 5.26 Å². The number of carbonyl (C=O) groups excluding carboxylic acids is 1. The van der Waals surface area contributed by atoms with Crippen LogP contribution >= 0.6 is 0 Å². The van der Waals surface area contributed by atoms with E-state index in [1.165, 1.54) is 0 Å². The van der Waals surface area contributed by atoms with E-state index in [1.807, 2.05) is 32.0 Å². The summed E-state index contributed by atoms with van der Waals surface area (Å²) in [5.74, 6) is -0.400. The molecule has 0 aromatic heterocycles. The molecule has 0 heterocycles. The van der Waals surface area contributed by atoms with Crippen LogP contribution in [0.15, 0.2) is 18.2 Å². The van der Waals surface area contributed by atoms with Gasteiger partial charge in [0.2, 0.25) is 5.91 Å². The maximum absolute atomic E-state index is 11.0. The predicted molar refractivity (Wildman–Crippen MR) is 75.6 cm³/mol. The van der Waals surface area contributed by atoms with Gasteiger partial charge < -0.3 is 16.0 Å². The first kappa shape index (κ1) is 15.0. The topological polar surface area (TPSA) is 82.2 Å². The summed E-state index contributed by atoms with van der Waals surface area (Å²) in [7, 11) is 0. The zero-order valence-corrected chi connectivity index (χ0v) is 11.4. The Morgan fingerprint density at radius 3 is 2.74 bits per heavy atom. The van der Waals surface area contributed by atoms with Crippen LogP contribution in [0.4, 0.5) is 5.69 Å². The third-order valence-corrected chi connectivity index (χ3v) is 2.83. The lowest BCUT2D eigenvalue weighted by atomic mass is 10.1. The maximum Gasteiger partial charge on any atom is 0.236 e. The van der Waals surface area contributed by atoms with E-state index in [9.17, 15) is 10.1 Å². The summed E-state index contributed by atoms with van der Waals surface area (Å²) in [4.78, 5) is 12.8. The molecule has 3 N–H and O–H groups in total. The lowest BCUT2D eigenvalue weighted by Crippen LogP contribution is -2.34. The van der Waals surface area contributed by atoms with Crippen molar-refractivity contribution in [2.45, 2.75) is 20.4 Å². The van der Waals surface area contributed by atoms with E-state index in [1.54, 1.807) is 4.90 Å². The Hall–Kier alpha value is -2.06. The van der Waals surface area contributed by atoms with Crippen LogP contribution in [0.5, 0.6) is 0 Å². The third-order valence-electron chi connectivity index (χ3n) is 2.83. The fourth-order valence-corrected chi connectivity index (χ4v) is 1.88. The highest BCUT2D eigenvalue weighted by Crippen LogP contribution is 2.21. The number of rotatable bonds is 7. The Kier molecular flexibility index (Phi) is 5.83. The number of anilines is 1. The third kappa shape index (κ3) is 4.27. The van der Waals surface area contributed by atoms with E-state index in [2.05, 4.69) is 11.4 Å². The van der Waals surface area contributed by atoms with Gasteiger partial charge in [-0.05, 0) is 31.2 Å². The number of nitrogens with two attached hydrogens (primary N) is 1. The van der Waals surface area contributed by atoms with Gasteiger partial charge in [-0.15, -0.1) is 0 Å². The van der Waals surface area contributed by atoms with Gasteiger partial charge in [0.1, 0.15) is 6.07 Å². The number of nitrogens with one attached hydrogen (secondary N) is 1. The zero-order valence-electron chi connectivity index (χ0n) is 11.4. The first-order valence-electron chi connectivity index (χ1n) is 6.39. The van der Waals surface area contributed by atoms with Crippen molar-refractivity contribution >= 4 is 11.6 Å². The molecule has 1 aromatic carbocycles. The van der Waals surface area contributed by atoms with Crippen LogP contribution in [0, 0.1) is 11.3 Å². The number of likely N-dealkylation sites (N-methyl/N-ethyl adjacent to an activating group) is 1. The maximum atomic E-state index is 11.0. The summed E-state index contributed by atoms with van der Waals surface area (Å²) in [6.45, 7) is 6.32. The quantitative estimate of drug-likeness (QED) is 0.765. The van der Waals surface area contributed by atoms with E-state index in [0.29, 0.717) is 12.1 Å². The van der Waals surface area contributed by atoms with Gasteiger partial charge in [0, 0.05) is 13.1 Å². The van der Waals surface area contributed by atoms with Crippen molar-refractivity contribution in [3.63, 3.8) is 0 Å². The molecule has 0 bridgehead atoms. The second-order valence-electron chi connectivity index (χ2n) is 4.22. The Labute approximate surface area is 114 Å².